The molecule has 96 valence electrons. The molecule has 17 heavy (non-hydrogen) atoms. The molecule has 1 unspecified atom stereocenters. The van der Waals surface area contributed by atoms with E-state index < -0.39 is 0 Å². The van der Waals surface area contributed by atoms with Gasteiger partial charge in [-0.2, -0.15) is 0 Å². The third kappa shape index (κ3) is 3.93. The Balaban J connectivity index is 2.78. The highest BCUT2D eigenvalue weighted by Crippen LogP contribution is 2.30. The summed E-state index contributed by atoms with van der Waals surface area (Å²) in [5.74, 6) is 2.09. The van der Waals surface area contributed by atoms with E-state index in [1.807, 2.05) is 25.1 Å². The standard InChI is InChI=1S/C14H23NO2/c1-5-10(2)9-17-13-7-6-12(11(3)15)8-14(13)16-4/h6-8,10-11H,5,9,15H2,1-4H3/t10?,11-/m1/s1. The van der Waals surface area contributed by atoms with E-state index in [4.69, 9.17) is 15.2 Å². The van der Waals surface area contributed by atoms with Crippen LogP contribution in [0.5, 0.6) is 11.5 Å². The Morgan fingerprint density at radius 3 is 2.47 bits per heavy atom. The topological polar surface area (TPSA) is 44.5 Å². The van der Waals surface area contributed by atoms with Gasteiger partial charge in [-0.05, 0) is 30.5 Å². The van der Waals surface area contributed by atoms with E-state index in [1.165, 1.54) is 0 Å². The smallest absolute Gasteiger partial charge is 0.161 e. The molecule has 2 atom stereocenters. The molecule has 3 nitrogen and oxygen atoms in total. The van der Waals surface area contributed by atoms with Gasteiger partial charge in [-0.15, -0.1) is 0 Å². The maximum atomic E-state index is 5.83. The van der Waals surface area contributed by atoms with E-state index in [9.17, 15) is 0 Å². The van der Waals surface area contributed by atoms with Gasteiger partial charge in [0, 0.05) is 6.04 Å². The first-order chi connectivity index (χ1) is 8.08. The van der Waals surface area contributed by atoms with E-state index in [-0.39, 0.29) is 6.04 Å². The van der Waals surface area contributed by atoms with Crippen LogP contribution >= 0.6 is 0 Å². The van der Waals surface area contributed by atoms with Crippen molar-refractivity contribution in [1.29, 1.82) is 0 Å². The average Bonchev–Trinajstić information content (AvgIpc) is 2.35. The van der Waals surface area contributed by atoms with Crippen molar-refractivity contribution < 1.29 is 9.47 Å². The van der Waals surface area contributed by atoms with E-state index in [0.29, 0.717) is 12.5 Å². The summed E-state index contributed by atoms with van der Waals surface area (Å²) < 4.78 is 11.1. The molecule has 0 radical (unpaired) electrons. The molecule has 2 N–H and O–H groups in total. The summed E-state index contributed by atoms with van der Waals surface area (Å²) in [6, 6.07) is 5.86. The summed E-state index contributed by atoms with van der Waals surface area (Å²) in [6.07, 6.45) is 1.11. The minimum atomic E-state index is 0.00696. The van der Waals surface area contributed by atoms with Crippen molar-refractivity contribution in [1.82, 2.24) is 0 Å². The summed E-state index contributed by atoms with van der Waals surface area (Å²) in [4.78, 5) is 0. The molecule has 0 saturated carbocycles. The molecule has 3 heteroatoms. The molecule has 0 saturated heterocycles. The van der Waals surface area contributed by atoms with E-state index in [0.717, 1.165) is 23.5 Å². The monoisotopic (exact) mass is 237 g/mol. The zero-order valence-corrected chi connectivity index (χ0v) is 11.2. The van der Waals surface area contributed by atoms with Gasteiger partial charge in [0.1, 0.15) is 0 Å². The van der Waals surface area contributed by atoms with Gasteiger partial charge in [-0.3, -0.25) is 0 Å². The van der Waals surface area contributed by atoms with Gasteiger partial charge in [-0.25, -0.2) is 0 Å². The molecule has 0 aliphatic heterocycles. The predicted molar refractivity (Wildman–Crippen MR) is 70.5 cm³/mol. The third-order valence-electron chi connectivity index (χ3n) is 2.93. The van der Waals surface area contributed by atoms with Crippen LogP contribution in [0.15, 0.2) is 18.2 Å². The quantitative estimate of drug-likeness (QED) is 0.826. The second-order valence-electron chi connectivity index (χ2n) is 4.52. The summed E-state index contributed by atoms with van der Waals surface area (Å²) in [5.41, 5.74) is 6.89. The minimum absolute atomic E-state index is 0.00696. The SMILES string of the molecule is CCC(C)COc1ccc([C@@H](C)N)cc1OC. The number of rotatable bonds is 6. The molecule has 0 heterocycles. The Bertz CT molecular complexity index is 350. The number of hydrogen-bond acceptors (Lipinski definition) is 3. The number of benzene rings is 1. The van der Waals surface area contributed by atoms with Crippen LogP contribution in [0.25, 0.3) is 0 Å². The number of ether oxygens (including phenoxy) is 2. The summed E-state index contributed by atoms with van der Waals surface area (Å²) in [5, 5.41) is 0. The zero-order chi connectivity index (χ0) is 12.8. The second kappa shape index (κ2) is 6.50. The van der Waals surface area contributed by atoms with Gasteiger partial charge in [0.2, 0.25) is 0 Å². The third-order valence-corrected chi connectivity index (χ3v) is 2.93. The molecular weight excluding hydrogens is 214 g/mol. The lowest BCUT2D eigenvalue weighted by molar-refractivity contribution is 0.244. The average molecular weight is 237 g/mol. The highest BCUT2D eigenvalue weighted by atomic mass is 16.5. The number of hydrogen-bond donors (Lipinski definition) is 1. The van der Waals surface area contributed by atoms with Crippen LogP contribution in [0.4, 0.5) is 0 Å². The van der Waals surface area contributed by atoms with Crippen molar-refractivity contribution in [3.63, 3.8) is 0 Å². The maximum Gasteiger partial charge on any atom is 0.161 e. The number of nitrogens with two attached hydrogens (primary N) is 1. The predicted octanol–water partition coefficient (Wildman–Crippen LogP) is 3.14. The number of methoxy groups -OCH3 is 1. The van der Waals surface area contributed by atoms with E-state index >= 15 is 0 Å². The molecular formula is C14H23NO2. The Kier molecular flexibility index (Phi) is 5.29. The lowest BCUT2D eigenvalue weighted by atomic mass is 10.1. The van der Waals surface area contributed by atoms with E-state index in [1.54, 1.807) is 7.11 Å². The molecule has 1 aromatic carbocycles. The fourth-order valence-electron chi connectivity index (χ4n) is 1.44. The van der Waals surface area contributed by atoms with Crippen LogP contribution in [-0.4, -0.2) is 13.7 Å². The highest BCUT2D eigenvalue weighted by Gasteiger charge is 2.09. The van der Waals surface area contributed by atoms with Crippen LogP contribution in [-0.2, 0) is 0 Å². The van der Waals surface area contributed by atoms with Gasteiger partial charge in [0.05, 0.1) is 13.7 Å². The van der Waals surface area contributed by atoms with Crippen LogP contribution in [0.2, 0.25) is 0 Å². The summed E-state index contributed by atoms with van der Waals surface area (Å²) >= 11 is 0. The normalized spacial score (nSPS) is 14.2. The largest absolute Gasteiger partial charge is 0.493 e. The first-order valence-corrected chi connectivity index (χ1v) is 6.14. The second-order valence-corrected chi connectivity index (χ2v) is 4.52. The Morgan fingerprint density at radius 1 is 1.24 bits per heavy atom. The molecule has 0 bridgehead atoms. The molecule has 0 spiro atoms. The Hall–Kier alpha value is -1.22. The van der Waals surface area contributed by atoms with Crippen molar-refractivity contribution in [2.75, 3.05) is 13.7 Å². The van der Waals surface area contributed by atoms with Gasteiger partial charge < -0.3 is 15.2 Å². The molecule has 0 aromatic heterocycles. The first kappa shape index (κ1) is 13.8. The van der Waals surface area contributed by atoms with Crippen molar-refractivity contribution in [2.45, 2.75) is 33.2 Å². The highest BCUT2D eigenvalue weighted by molar-refractivity contribution is 5.43. The summed E-state index contributed by atoms with van der Waals surface area (Å²) in [7, 11) is 1.65. The molecule has 1 rings (SSSR count). The fourth-order valence-corrected chi connectivity index (χ4v) is 1.44. The zero-order valence-electron chi connectivity index (χ0n) is 11.2. The first-order valence-electron chi connectivity index (χ1n) is 6.14. The minimum Gasteiger partial charge on any atom is -0.493 e. The van der Waals surface area contributed by atoms with Crippen molar-refractivity contribution in [3.05, 3.63) is 23.8 Å². The lowest BCUT2D eigenvalue weighted by Gasteiger charge is -2.15. The van der Waals surface area contributed by atoms with Crippen molar-refractivity contribution >= 4 is 0 Å². The molecule has 0 fully saturated rings. The van der Waals surface area contributed by atoms with Gasteiger partial charge in [0.15, 0.2) is 11.5 Å². The molecule has 0 aliphatic carbocycles. The Morgan fingerprint density at radius 2 is 1.94 bits per heavy atom. The van der Waals surface area contributed by atoms with Gasteiger partial charge in [-0.1, -0.05) is 26.3 Å². The lowest BCUT2D eigenvalue weighted by Crippen LogP contribution is -2.09. The molecule has 0 amide bonds. The maximum absolute atomic E-state index is 5.83. The van der Waals surface area contributed by atoms with Crippen LogP contribution in [0, 0.1) is 5.92 Å². The molecule has 0 aliphatic rings. The van der Waals surface area contributed by atoms with Crippen LogP contribution in [0.1, 0.15) is 38.8 Å². The van der Waals surface area contributed by atoms with Crippen LogP contribution in [0.3, 0.4) is 0 Å². The van der Waals surface area contributed by atoms with Crippen molar-refractivity contribution in [2.24, 2.45) is 11.7 Å². The van der Waals surface area contributed by atoms with Crippen molar-refractivity contribution in [3.8, 4) is 11.5 Å². The van der Waals surface area contributed by atoms with Gasteiger partial charge >= 0.3 is 0 Å². The van der Waals surface area contributed by atoms with Crippen LogP contribution < -0.4 is 15.2 Å². The fraction of sp³-hybridized carbons (Fsp3) is 0.571. The molecule has 1 aromatic rings. The summed E-state index contributed by atoms with van der Waals surface area (Å²) in [6.45, 7) is 6.99. The van der Waals surface area contributed by atoms with E-state index in [2.05, 4.69) is 13.8 Å². The van der Waals surface area contributed by atoms with Gasteiger partial charge in [0.25, 0.3) is 0 Å². The Labute approximate surface area is 104 Å².